The van der Waals surface area contributed by atoms with Crippen LogP contribution >= 0.6 is 0 Å². The first-order valence-electron chi connectivity index (χ1n) is 11.6. The number of nitrogens with zero attached hydrogens (tertiary/aromatic N) is 3. The van der Waals surface area contributed by atoms with Crippen LogP contribution in [0.2, 0.25) is 0 Å². The Morgan fingerprint density at radius 2 is 1.70 bits per heavy atom. The molecule has 0 aromatic carbocycles. The highest BCUT2D eigenvalue weighted by Crippen LogP contribution is 2.56. The van der Waals surface area contributed by atoms with E-state index in [4.69, 9.17) is 4.74 Å². The molecular weight excluding hydrogens is 400 g/mol. The molecule has 5 aliphatic carbocycles. The van der Waals surface area contributed by atoms with Crippen molar-refractivity contribution in [1.29, 1.82) is 0 Å². The van der Waals surface area contributed by atoms with Gasteiger partial charge in [-0.15, -0.1) is 10.2 Å². The van der Waals surface area contributed by atoms with E-state index in [0.29, 0.717) is 35.5 Å². The average Bonchev–Trinajstić information content (AvgIpc) is 3.64. The summed E-state index contributed by atoms with van der Waals surface area (Å²) in [6.45, 7) is 0. The first-order chi connectivity index (χ1) is 14.5. The molecule has 5 saturated carbocycles. The molecule has 30 heavy (non-hydrogen) atoms. The molecule has 0 saturated heterocycles. The fraction of sp³-hybridized carbons (Fsp3) is 0.727. The van der Waals surface area contributed by atoms with Gasteiger partial charge in [0.2, 0.25) is 16.0 Å². The number of hydrogen-bond acceptors (Lipinski definition) is 5. The van der Waals surface area contributed by atoms with E-state index in [-0.39, 0.29) is 5.25 Å². The molecule has 160 valence electrons. The topological polar surface area (TPSA) is 85.6 Å². The number of hydrogen-bond donors (Lipinski definition) is 1. The van der Waals surface area contributed by atoms with Gasteiger partial charge in [0, 0.05) is 17.8 Å². The maximum absolute atomic E-state index is 12.4. The van der Waals surface area contributed by atoms with Crippen LogP contribution in [0.1, 0.15) is 69.3 Å². The minimum atomic E-state index is -3.37. The van der Waals surface area contributed by atoms with E-state index in [0.717, 1.165) is 43.3 Å². The third kappa shape index (κ3) is 2.78. The number of pyridine rings is 1. The van der Waals surface area contributed by atoms with E-state index < -0.39 is 10.0 Å². The summed E-state index contributed by atoms with van der Waals surface area (Å²) in [6, 6.07) is 1.99. The highest BCUT2D eigenvalue weighted by molar-refractivity contribution is 7.93. The fourth-order valence-corrected chi connectivity index (χ4v) is 7.84. The van der Waals surface area contributed by atoms with Crippen LogP contribution in [-0.2, 0) is 10.0 Å². The summed E-state index contributed by atoms with van der Waals surface area (Å²) in [5.41, 5.74) is 1.83. The van der Waals surface area contributed by atoms with Crippen LogP contribution in [-0.4, -0.2) is 34.4 Å². The van der Waals surface area contributed by atoms with E-state index in [1.54, 1.807) is 4.40 Å². The van der Waals surface area contributed by atoms with Crippen LogP contribution in [0.4, 0.5) is 5.95 Å². The summed E-state index contributed by atoms with van der Waals surface area (Å²) in [5, 5.41) is 8.12. The van der Waals surface area contributed by atoms with Crippen LogP contribution in [0.25, 0.3) is 5.65 Å². The zero-order valence-corrected chi connectivity index (χ0v) is 17.9. The van der Waals surface area contributed by atoms with E-state index in [1.807, 2.05) is 12.3 Å². The molecule has 7 nitrogen and oxygen atoms in total. The molecule has 2 aromatic heterocycles. The average molecular weight is 429 g/mol. The first-order valence-corrected chi connectivity index (χ1v) is 13.2. The predicted molar refractivity (Wildman–Crippen MR) is 112 cm³/mol. The van der Waals surface area contributed by atoms with Gasteiger partial charge in [-0.2, -0.15) is 0 Å². The first kappa shape index (κ1) is 17.8. The normalized spacial score (nSPS) is 35.1. The van der Waals surface area contributed by atoms with Gasteiger partial charge in [-0.05, 0) is 87.4 Å². The van der Waals surface area contributed by atoms with E-state index in [1.165, 1.54) is 37.7 Å². The lowest BCUT2D eigenvalue weighted by Gasteiger charge is -2.40. The Kier molecular flexibility index (Phi) is 3.63. The van der Waals surface area contributed by atoms with Gasteiger partial charge in [0.1, 0.15) is 11.9 Å². The summed E-state index contributed by atoms with van der Waals surface area (Å²) < 4.78 is 36.0. The van der Waals surface area contributed by atoms with E-state index in [9.17, 15) is 8.42 Å². The monoisotopic (exact) mass is 428 g/mol. The number of nitrogens with one attached hydrogen (secondary N) is 1. The van der Waals surface area contributed by atoms with Crippen LogP contribution < -0.4 is 9.46 Å². The van der Waals surface area contributed by atoms with Crippen LogP contribution in [0.15, 0.2) is 12.3 Å². The van der Waals surface area contributed by atoms with Gasteiger partial charge >= 0.3 is 0 Å². The Morgan fingerprint density at radius 1 is 0.933 bits per heavy atom. The Labute approximate surface area is 176 Å². The number of fused-ring (bicyclic) bond motifs is 3. The molecular formula is C22H28N4O3S. The highest BCUT2D eigenvalue weighted by atomic mass is 32.2. The zero-order valence-electron chi connectivity index (χ0n) is 17.0. The Morgan fingerprint density at radius 3 is 2.50 bits per heavy atom. The largest absolute Gasteiger partial charge is 0.489 e. The maximum atomic E-state index is 12.4. The molecule has 5 unspecified atom stereocenters. The summed E-state index contributed by atoms with van der Waals surface area (Å²) in [7, 11) is -3.37. The van der Waals surface area contributed by atoms with Crippen molar-refractivity contribution >= 4 is 21.6 Å². The van der Waals surface area contributed by atoms with Crippen molar-refractivity contribution in [2.45, 2.75) is 75.1 Å². The molecule has 5 atom stereocenters. The molecule has 3 bridgehead atoms. The fourth-order valence-electron chi connectivity index (χ4n) is 6.52. The molecule has 1 N–H and O–H groups in total. The van der Waals surface area contributed by atoms with Crippen molar-refractivity contribution in [3.8, 4) is 5.75 Å². The number of rotatable bonds is 6. The quantitative estimate of drug-likeness (QED) is 0.758. The lowest BCUT2D eigenvalue weighted by Crippen LogP contribution is -2.39. The minimum Gasteiger partial charge on any atom is -0.489 e. The highest BCUT2D eigenvalue weighted by Gasteiger charge is 2.51. The minimum absolute atomic E-state index is 0.285. The van der Waals surface area contributed by atoms with Gasteiger partial charge in [0.05, 0.1) is 5.25 Å². The molecule has 7 rings (SSSR count). The lowest BCUT2D eigenvalue weighted by molar-refractivity contribution is 0.0262. The summed E-state index contributed by atoms with van der Waals surface area (Å²) in [6.07, 6.45) is 12.8. The lowest BCUT2D eigenvalue weighted by atomic mass is 9.71. The van der Waals surface area contributed by atoms with Gasteiger partial charge in [-0.3, -0.25) is 9.12 Å². The molecule has 0 amide bonds. The van der Waals surface area contributed by atoms with Gasteiger partial charge in [-0.25, -0.2) is 8.42 Å². The smallest absolute Gasteiger partial charge is 0.242 e. The van der Waals surface area contributed by atoms with Gasteiger partial charge in [0.15, 0.2) is 5.65 Å². The van der Waals surface area contributed by atoms with Gasteiger partial charge in [0.25, 0.3) is 0 Å². The van der Waals surface area contributed by atoms with Crippen LogP contribution in [0.3, 0.4) is 0 Å². The molecule has 8 heteroatoms. The molecule has 2 heterocycles. The number of ether oxygens (including phenoxy) is 1. The molecule has 0 radical (unpaired) electrons. The zero-order chi connectivity index (χ0) is 20.0. The standard InChI is InChI=1S/C22H28N4O3S/c27-30(28,17-5-6-17)25-22-24-23-20-10-19(18(11-26(20)22)12-1-2-12)29-21-14-4-3-13-7-16(21)9-15(13)8-14/h10-17,21H,1-9H2,(H,24,25). The van der Waals surface area contributed by atoms with Crippen LogP contribution in [0, 0.1) is 23.7 Å². The van der Waals surface area contributed by atoms with Crippen LogP contribution in [0.5, 0.6) is 5.75 Å². The van der Waals surface area contributed by atoms with E-state index in [2.05, 4.69) is 14.9 Å². The number of aromatic nitrogens is 3. The number of sulfonamides is 1. The van der Waals surface area contributed by atoms with Crippen molar-refractivity contribution < 1.29 is 13.2 Å². The van der Waals surface area contributed by atoms with Crippen molar-refractivity contribution in [2.24, 2.45) is 23.7 Å². The molecule has 5 fully saturated rings. The third-order valence-corrected chi connectivity index (χ3v) is 10.1. The predicted octanol–water partition coefficient (Wildman–Crippen LogP) is 3.71. The third-order valence-electron chi connectivity index (χ3n) is 8.33. The Bertz CT molecular complexity index is 1110. The molecule has 0 spiro atoms. The summed E-state index contributed by atoms with van der Waals surface area (Å²) in [4.78, 5) is 0. The SMILES string of the molecule is O=S(=O)(Nc1nnc2cc(OC3C4CCC5CC3CC5C4)c(C3CC3)cn12)C1CC1. The van der Waals surface area contributed by atoms with Crippen molar-refractivity contribution in [1.82, 2.24) is 14.6 Å². The second-order valence-corrected chi connectivity index (χ2v) is 12.3. The van der Waals surface area contributed by atoms with Crippen molar-refractivity contribution in [2.75, 3.05) is 4.72 Å². The number of anilines is 1. The second kappa shape index (κ2) is 6.11. The second-order valence-electron chi connectivity index (χ2n) is 10.4. The molecule has 5 aliphatic rings. The maximum Gasteiger partial charge on any atom is 0.242 e. The summed E-state index contributed by atoms with van der Waals surface area (Å²) in [5.74, 6) is 5.00. The molecule has 2 aromatic rings. The van der Waals surface area contributed by atoms with Crippen molar-refractivity contribution in [3.63, 3.8) is 0 Å². The van der Waals surface area contributed by atoms with Gasteiger partial charge < -0.3 is 4.74 Å². The van der Waals surface area contributed by atoms with Gasteiger partial charge in [-0.1, -0.05) is 0 Å². The Hall–Kier alpha value is -1.83. The molecule has 0 aliphatic heterocycles. The Balaban J connectivity index is 1.24. The van der Waals surface area contributed by atoms with E-state index >= 15 is 0 Å². The van der Waals surface area contributed by atoms with Crippen molar-refractivity contribution in [3.05, 3.63) is 17.8 Å². The summed E-state index contributed by atoms with van der Waals surface area (Å²) >= 11 is 0.